The van der Waals surface area contributed by atoms with E-state index >= 15 is 0 Å². The molecule has 54 heavy (non-hydrogen) atoms. The highest BCUT2D eigenvalue weighted by Crippen LogP contribution is 2.15. The van der Waals surface area contributed by atoms with Crippen LogP contribution < -0.4 is 0 Å². The lowest BCUT2D eigenvalue weighted by molar-refractivity contribution is -0.167. The smallest absolute Gasteiger partial charge is 0.306 e. The second-order valence-electron chi connectivity index (χ2n) is 15.7. The molecule has 6 nitrogen and oxygen atoms in total. The standard InChI is InChI=1S/C48H88O6/c1-4-7-10-13-16-19-22-23-24-25-27-29-32-35-38-41-47(50)53-44-45(43-52-46(49)40-37-34-31-28-21-18-15-12-9-6-3)54-48(51)42-39-36-33-30-26-20-17-14-11-8-5-2/h16,19,23-24,45H,4-15,17-18,20-22,25-44H2,1-3H3/b19-16-,24-23-/t45-/m1/s1. The first-order valence-corrected chi connectivity index (χ1v) is 23.3. The molecule has 0 N–H and O–H groups in total. The maximum Gasteiger partial charge on any atom is 0.306 e. The van der Waals surface area contributed by atoms with Crippen LogP contribution in [-0.2, 0) is 28.6 Å². The molecule has 0 saturated carbocycles. The lowest BCUT2D eigenvalue weighted by Crippen LogP contribution is -2.30. The van der Waals surface area contributed by atoms with Crippen LogP contribution >= 0.6 is 0 Å². The third-order valence-corrected chi connectivity index (χ3v) is 10.2. The van der Waals surface area contributed by atoms with Crippen molar-refractivity contribution in [2.24, 2.45) is 0 Å². The van der Waals surface area contributed by atoms with Crippen LogP contribution in [0.4, 0.5) is 0 Å². The van der Waals surface area contributed by atoms with Gasteiger partial charge in [0.05, 0.1) is 0 Å². The van der Waals surface area contributed by atoms with Gasteiger partial charge in [0.25, 0.3) is 0 Å². The fraction of sp³-hybridized carbons (Fsp3) is 0.854. The zero-order valence-electron chi connectivity index (χ0n) is 36.0. The Hall–Kier alpha value is -2.11. The number of carbonyl (C=O) groups is 3. The molecule has 0 aliphatic carbocycles. The van der Waals surface area contributed by atoms with Crippen molar-refractivity contribution in [1.29, 1.82) is 0 Å². The van der Waals surface area contributed by atoms with Crippen molar-refractivity contribution >= 4 is 17.9 Å². The van der Waals surface area contributed by atoms with Gasteiger partial charge in [0.15, 0.2) is 6.10 Å². The Kier molecular flexibility index (Phi) is 41.9. The van der Waals surface area contributed by atoms with Crippen molar-refractivity contribution in [2.75, 3.05) is 13.2 Å². The summed E-state index contributed by atoms with van der Waals surface area (Å²) in [4.78, 5) is 37.7. The Labute approximate surface area is 334 Å². The van der Waals surface area contributed by atoms with E-state index < -0.39 is 6.10 Å². The van der Waals surface area contributed by atoms with Gasteiger partial charge in [-0.1, -0.05) is 199 Å². The summed E-state index contributed by atoms with van der Waals surface area (Å²) < 4.78 is 16.7. The molecule has 0 spiro atoms. The largest absolute Gasteiger partial charge is 0.462 e. The van der Waals surface area contributed by atoms with Gasteiger partial charge in [-0.25, -0.2) is 0 Å². The van der Waals surface area contributed by atoms with Crippen LogP contribution in [0.2, 0.25) is 0 Å². The Morgan fingerprint density at radius 1 is 0.370 bits per heavy atom. The highest BCUT2D eigenvalue weighted by molar-refractivity contribution is 5.71. The summed E-state index contributed by atoms with van der Waals surface area (Å²) >= 11 is 0. The minimum atomic E-state index is -0.768. The van der Waals surface area contributed by atoms with Crippen LogP contribution in [0.15, 0.2) is 24.3 Å². The average Bonchev–Trinajstić information content (AvgIpc) is 3.17. The van der Waals surface area contributed by atoms with Crippen molar-refractivity contribution in [3.8, 4) is 0 Å². The topological polar surface area (TPSA) is 78.9 Å². The van der Waals surface area contributed by atoms with E-state index in [9.17, 15) is 14.4 Å². The molecule has 0 unspecified atom stereocenters. The number of rotatable bonds is 42. The molecule has 0 aliphatic heterocycles. The molecule has 6 heteroatoms. The maximum atomic E-state index is 12.7. The number of unbranched alkanes of at least 4 members (excludes halogenated alkanes) is 27. The summed E-state index contributed by atoms with van der Waals surface area (Å²) in [5.74, 6) is -0.882. The summed E-state index contributed by atoms with van der Waals surface area (Å²) in [7, 11) is 0. The number of esters is 3. The van der Waals surface area contributed by atoms with E-state index in [4.69, 9.17) is 14.2 Å². The van der Waals surface area contributed by atoms with Gasteiger partial charge in [0, 0.05) is 19.3 Å². The quantitative estimate of drug-likeness (QED) is 0.0267. The van der Waals surface area contributed by atoms with Gasteiger partial charge < -0.3 is 14.2 Å². The normalized spacial score (nSPS) is 12.1. The first kappa shape index (κ1) is 51.9. The summed E-state index contributed by atoms with van der Waals surface area (Å²) in [6.07, 6.45) is 47.2. The number of allylic oxidation sites excluding steroid dienone is 4. The van der Waals surface area contributed by atoms with E-state index in [1.165, 1.54) is 128 Å². The predicted molar refractivity (Wildman–Crippen MR) is 229 cm³/mol. The highest BCUT2D eigenvalue weighted by Gasteiger charge is 2.19. The maximum absolute atomic E-state index is 12.7. The second-order valence-corrected chi connectivity index (χ2v) is 15.7. The Morgan fingerprint density at radius 2 is 0.667 bits per heavy atom. The molecule has 0 heterocycles. The molecule has 0 fully saturated rings. The van der Waals surface area contributed by atoms with E-state index in [0.717, 1.165) is 77.0 Å². The number of hydrogen-bond acceptors (Lipinski definition) is 6. The third-order valence-electron chi connectivity index (χ3n) is 10.2. The van der Waals surface area contributed by atoms with Crippen molar-refractivity contribution in [2.45, 2.75) is 252 Å². The molecule has 0 saturated heterocycles. The number of carbonyl (C=O) groups excluding carboxylic acids is 3. The van der Waals surface area contributed by atoms with Gasteiger partial charge in [-0.2, -0.15) is 0 Å². The minimum absolute atomic E-state index is 0.0719. The van der Waals surface area contributed by atoms with Gasteiger partial charge in [-0.15, -0.1) is 0 Å². The van der Waals surface area contributed by atoms with Crippen molar-refractivity contribution < 1.29 is 28.6 Å². The zero-order valence-corrected chi connectivity index (χ0v) is 36.0. The molecule has 1 atom stereocenters. The molecule has 0 radical (unpaired) electrons. The zero-order chi connectivity index (χ0) is 39.4. The van der Waals surface area contributed by atoms with Crippen molar-refractivity contribution in [1.82, 2.24) is 0 Å². The number of hydrogen-bond donors (Lipinski definition) is 0. The average molecular weight is 761 g/mol. The van der Waals surface area contributed by atoms with Gasteiger partial charge in [-0.3, -0.25) is 14.4 Å². The Balaban J connectivity index is 4.35. The molecular weight excluding hydrogens is 673 g/mol. The van der Waals surface area contributed by atoms with Crippen molar-refractivity contribution in [3.05, 3.63) is 24.3 Å². The predicted octanol–water partition coefficient (Wildman–Crippen LogP) is 14.8. The third kappa shape index (κ3) is 41.1. The van der Waals surface area contributed by atoms with Gasteiger partial charge in [0.1, 0.15) is 13.2 Å². The first-order valence-electron chi connectivity index (χ1n) is 23.3. The molecule has 0 rings (SSSR count). The summed E-state index contributed by atoms with van der Waals surface area (Å²) in [5.41, 5.74) is 0. The van der Waals surface area contributed by atoms with E-state index in [-0.39, 0.29) is 31.1 Å². The summed E-state index contributed by atoms with van der Waals surface area (Å²) in [6.45, 7) is 6.58. The van der Waals surface area contributed by atoms with Crippen LogP contribution in [0.3, 0.4) is 0 Å². The summed E-state index contributed by atoms with van der Waals surface area (Å²) in [5, 5.41) is 0. The van der Waals surface area contributed by atoms with E-state index in [0.29, 0.717) is 19.3 Å². The van der Waals surface area contributed by atoms with Crippen molar-refractivity contribution in [3.63, 3.8) is 0 Å². The molecule has 0 aliphatic rings. The lowest BCUT2D eigenvalue weighted by atomic mass is 10.1. The number of ether oxygens (including phenoxy) is 3. The van der Waals surface area contributed by atoms with Crippen LogP contribution in [0.1, 0.15) is 245 Å². The minimum Gasteiger partial charge on any atom is -0.462 e. The molecule has 0 aromatic heterocycles. The van der Waals surface area contributed by atoms with E-state index in [1.807, 2.05) is 0 Å². The fourth-order valence-corrected chi connectivity index (χ4v) is 6.65. The van der Waals surface area contributed by atoms with Crippen LogP contribution in [-0.4, -0.2) is 37.2 Å². The molecule has 0 aromatic rings. The van der Waals surface area contributed by atoms with E-state index in [1.54, 1.807) is 0 Å². The van der Waals surface area contributed by atoms with Gasteiger partial charge >= 0.3 is 17.9 Å². The molecule has 316 valence electrons. The van der Waals surface area contributed by atoms with Gasteiger partial charge in [-0.05, 0) is 51.4 Å². The second kappa shape index (κ2) is 43.6. The molecule has 0 amide bonds. The van der Waals surface area contributed by atoms with Gasteiger partial charge in [0.2, 0.25) is 0 Å². The van der Waals surface area contributed by atoms with Crippen LogP contribution in [0.25, 0.3) is 0 Å². The highest BCUT2D eigenvalue weighted by atomic mass is 16.6. The first-order chi connectivity index (χ1) is 26.5. The van der Waals surface area contributed by atoms with Crippen LogP contribution in [0.5, 0.6) is 0 Å². The molecule has 0 aromatic carbocycles. The molecular formula is C48H88O6. The van der Waals surface area contributed by atoms with Crippen LogP contribution in [0, 0.1) is 0 Å². The van der Waals surface area contributed by atoms with E-state index in [2.05, 4.69) is 45.1 Å². The lowest BCUT2D eigenvalue weighted by Gasteiger charge is -2.18. The Bertz CT molecular complexity index is 880. The SMILES string of the molecule is CCCCC/C=C\C/C=C\CCCCCCCC(=O)OC[C@@H](COC(=O)CCCCCCCCCCCC)OC(=O)CCCCCCCCCCCCC. The summed E-state index contributed by atoms with van der Waals surface area (Å²) in [6, 6.07) is 0. The monoisotopic (exact) mass is 761 g/mol. The molecule has 0 bridgehead atoms. The fourth-order valence-electron chi connectivity index (χ4n) is 6.65. The Morgan fingerprint density at radius 3 is 1.06 bits per heavy atom.